The molecule has 0 saturated heterocycles. The molecule has 0 aliphatic rings. The first-order chi connectivity index (χ1) is 9.66. The lowest BCUT2D eigenvalue weighted by Gasteiger charge is -2.13. The molecule has 4 heteroatoms. The number of hydrogen-bond acceptors (Lipinski definition) is 3. The Labute approximate surface area is 127 Å². The van der Waals surface area contributed by atoms with Crippen molar-refractivity contribution in [3.8, 4) is 11.5 Å². The van der Waals surface area contributed by atoms with Crippen LogP contribution in [-0.2, 0) is 0 Å². The molecule has 0 bridgehead atoms. The smallest absolute Gasteiger partial charge is 0.125 e. The Hall–Kier alpha value is -1.52. The van der Waals surface area contributed by atoms with Crippen LogP contribution >= 0.6 is 15.9 Å². The van der Waals surface area contributed by atoms with Crippen LogP contribution in [0.4, 0.5) is 0 Å². The molecular weight excluding hydrogens is 320 g/mol. The molecule has 2 aromatic carbocycles. The van der Waals surface area contributed by atoms with Crippen LogP contribution < -0.4 is 9.47 Å². The molecule has 0 aliphatic heterocycles. The Kier molecular flexibility index (Phi) is 5.44. The minimum atomic E-state index is -0.543. The standard InChI is InChI=1S/C16H17BrO3/c1-12(18)15-4-2-3-5-16(15)20-11-10-19-14-8-6-13(17)7-9-14/h2-9,12,18H,10-11H2,1H3/t12-/m1/s1. The van der Waals surface area contributed by atoms with Crippen molar-refractivity contribution in [2.24, 2.45) is 0 Å². The van der Waals surface area contributed by atoms with E-state index in [2.05, 4.69) is 15.9 Å². The molecule has 0 radical (unpaired) electrons. The summed E-state index contributed by atoms with van der Waals surface area (Å²) < 4.78 is 12.2. The Balaban J connectivity index is 1.83. The van der Waals surface area contributed by atoms with Gasteiger partial charge in [-0.05, 0) is 37.3 Å². The van der Waals surface area contributed by atoms with Crippen LogP contribution in [0.15, 0.2) is 53.0 Å². The third kappa shape index (κ3) is 4.25. The van der Waals surface area contributed by atoms with Crippen molar-refractivity contribution in [1.29, 1.82) is 0 Å². The molecule has 0 unspecified atom stereocenters. The first-order valence-electron chi connectivity index (χ1n) is 6.45. The van der Waals surface area contributed by atoms with Crippen molar-refractivity contribution in [3.05, 3.63) is 58.6 Å². The van der Waals surface area contributed by atoms with Gasteiger partial charge in [-0.1, -0.05) is 34.1 Å². The summed E-state index contributed by atoms with van der Waals surface area (Å²) in [5.74, 6) is 1.50. The van der Waals surface area contributed by atoms with E-state index in [0.29, 0.717) is 19.0 Å². The number of halogens is 1. The van der Waals surface area contributed by atoms with Crippen LogP contribution in [0.5, 0.6) is 11.5 Å². The Morgan fingerprint density at radius 3 is 2.35 bits per heavy atom. The molecule has 3 nitrogen and oxygen atoms in total. The van der Waals surface area contributed by atoms with Gasteiger partial charge in [0.1, 0.15) is 24.7 Å². The second kappa shape index (κ2) is 7.31. The van der Waals surface area contributed by atoms with Crippen LogP contribution in [0, 0.1) is 0 Å². The fourth-order valence-electron chi connectivity index (χ4n) is 1.80. The predicted molar refractivity (Wildman–Crippen MR) is 82.2 cm³/mol. The first kappa shape index (κ1) is 14.9. The number of hydrogen-bond donors (Lipinski definition) is 1. The molecule has 2 aromatic rings. The van der Waals surface area contributed by atoms with Crippen molar-refractivity contribution in [2.45, 2.75) is 13.0 Å². The van der Waals surface area contributed by atoms with Crippen molar-refractivity contribution in [3.63, 3.8) is 0 Å². The lowest BCUT2D eigenvalue weighted by atomic mass is 10.1. The number of benzene rings is 2. The van der Waals surface area contributed by atoms with Gasteiger partial charge in [0.15, 0.2) is 0 Å². The summed E-state index contributed by atoms with van der Waals surface area (Å²) in [5, 5.41) is 9.65. The van der Waals surface area contributed by atoms with Gasteiger partial charge in [-0.3, -0.25) is 0 Å². The highest BCUT2D eigenvalue weighted by atomic mass is 79.9. The topological polar surface area (TPSA) is 38.7 Å². The van der Waals surface area contributed by atoms with Crippen molar-refractivity contribution >= 4 is 15.9 Å². The molecule has 1 atom stereocenters. The van der Waals surface area contributed by atoms with E-state index >= 15 is 0 Å². The Morgan fingerprint density at radius 2 is 1.65 bits per heavy atom. The van der Waals surface area contributed by atoms with Gasteiger partial charge in [0, 0.05) is 10.0 Å². The molecule has 106 valence electrons. The Morgan fingerprint density at radius 1 is 1.00 bits per heavy atom. The minimum absolute atomic E-state index is 0.430. The van der Waals surface area contributed by atoms with Gasteiger partial charge in [-0.2, -0.15) is 0 Å². The highest BCUT2D eigenvalue weighted by molar-refractivity contribution is 9.10. The molecule has 0 saturated carbocycles. The Bertz CT molecular complexity index is 538. The zero-order chi connectivity index (χ0) is 14.4. The van der Waals surface area contributed by atoms with Gasteiger partial charge in [0.05, 0.1) is 6.10 Å². The van der Waals surface area contributed by atoms with Gasteiger partial charge < -0.3 is 14.6 Å². The lowest BCUT2D eigenvalue weighted by Crippen LogP contribution is -2.10. The van der Waals surface area contributed by atoms with E-state index in [9.17, 15) is 5.11 Å². The van der Waals surface area contributed by atoms with E-state index in [-0.39, 0.29) is 0 Å². The van der Waals surface area contributed by atoms with Crippen LogP contribution in [0.3, 0.4) is 0 Å². The largest absolute Gasteiger partial charge is 0.490 e. The maximum atomic E-state index is 9.65. The molecular formula is C16H17BrO3. The summed E-state index contributed by atoms with van der Waals surface area (Å²) in [6, 6.07) is 15.1. The summed E-state index contributed by atoms with van der Waals surface area (Å²) in [7, 11) is 0. The molecule has 0 aliphatic carbocycles. The zero-order valence-corrected chi connectivity index (χ0v) is 12.8. The van der Waals surface area contributed by atoms with Gasteiger partial charge >= 0.3 is 0 Å². The maximum Gasteiger partial charge on any atom is 0.125 e. The predicted octanol–water partition coefficient (Wildman–Crippen LogP) is 3.96. The minimum Gasteiger partial charge on any atom is -0.490 e. The van der Waals surface area contributed by atoms with Crippen LogP contribution in [-0.4, -0.2) is 18.3 Å². The lowest BCUT2D eigenvalue weighted by molar-refractivity contribution is 0.182. The molecule has 0 fully saturated rings. The van der Waals surface area contributed by atoms with Crippen LogP contribution in [0.2, 0.25) is 0 Å². The van der Waals surface area contributed by atoms with Crippen molar-refractivity contribution in [1.82, 2.24) is 0 Å². The van der Waals surface area contributed by atoms with E-state index in [0.717, 1.165) is 15.8 Å². The van der Waals surface area contributed by atoms with Crippen LogP contribution in [0.1, 0.15) is 18.6 Å². The summed E-state index contributed by atoms with van der Waals surface area (Å²) in [5.41, 5.74) is 0.788. The number of rotatable bonds is 6. The van der Waals surface area contributed by atoms with Gasteiger partial charge in [0.25, 0.3) is 0 Å². The van der Waals surface area contributed by atoms with E-state index in [1.807, 2.05) is 48.5 Å². The normalized spacial score (nSPS) is 11.9. The summed E-state index contributed by atoms with van der Waals surface area (Å²) >= 11 is 3.38. The third-order valence-electron chi connectivity index (χ3n) is 2.79. The SMILES string of the molecule is C[C@@H](O)c1ccccc1OCCOc1ccc(Br)cc1. The molecule has 20 heavy (non-hydrogen) atoms. The fraction of sp³-hybridized carbons (Fsp3) is 0.250. The maximum absolute atomic E-state index is 9.65. The van der Waals surface area contributed by atoms with Crippen molar-refractivity contribution < 1.29 is 14.6 Å². The molecule has 0 spiro atoms. The quantitative estimate of drug-likeness (QED) is 0.811. The highest BCUT2D eigenvalue weighted by Crippen LogP contribution is 2.24. The summed E-state index contributed by atoms with van der Waals surface area (Å²) in [6.07, 6.45) is -0.543. The fourth-order valence-corrected chi connectivity index (χ4v) is 2.06. The molecule has 1 N–H and O–H groups in total. The summed E-state index contributed by atoms with van der Waals surface area (Å²) in [4.78, 5) is 0. The van der Waals surface area contributed by atoms with Gasteiger partial charge in [-0.25, -0.2) is 0 Å². The molecule has 2 rings (SSSR count). The van der Waals surface area contributed by atoms with E-state index in [1.54, 1.807) is 6.92 Å². The summed E-state index contributed by atoms with van der Waals surface area (Å²) in [6.45, 7) is 2.61. The average molecular weight is 337 g/mol. The zero-order valence-electron chi connectivity index (χ0n) is 11.3. The van der Waals surface area contributed by atoms with Crippen LogP contribution in [0.25, 0.3) is 0 Å². The average Bonchev–Trinajstić information content (AvgIpc) is 2.46. The number of para-hydroxylation sites is 1. The molecule has 0 heterocycles. The van der Waals surface area contributed by atoms with Crippen molar-refractivity contribution in [2.75, 3.05) is 13.2 Å². The number of ether oxygens (including phenoxy) is 2. The second-order valence-electron chi connectivity index (χ2n) is 4.36. The van der Waals surface area contributed by atoms with Gasteiger partial charge in [0.2, 0.25) is 0 Å². The monoisotopic (exact) mass is 336 g/mol. The van der Waals surface area contributed by atoms with E-state index in [4.69, 9.17) is 9.47 Å². The van der Waals surface area contributed by atoms with E-state index < -0.39 is 6.10 Å². The number of aliphatic hydroxyl groups is 1. The molecule has 0 aromatic heterocycles. The van der Waals surface area contributed by atoms with Gasteiger partial charge in [-0.15, -0.1) is 0 Å². The third-order valence-corrected chi connectivity index (χ3v) is 3.32. The van der Waals surface area contributed by atoms with E-state index in [1.165, 1.54) is 0 Å². The first-order valence-corrected chi connectivity index (χ1v) is 7.24. The highest BCUT2D eigenvalue weighted by Gasteiger charge is 2.07. The second-order valence-corrected chi connectivity index (χ2v) is 5.28. The number of aliphatic hydroxyl groups excluding tert-OH is 1. The molecule has 0 amide bonds.